The van der Waals surface area contributed by atoms with Crippen LogP contribution in [0.2, 0.25) is 0 Å². The standard InChI is InChI=1S/C22H27N3O3/c1-24-13-15-25(16-14-24)22(27)19-7-5-18(6-8-19)21(26)23-12-11-17-3-9-20(28-2)10-4-17/h3-10H,11-16H2,1-2H3,(H,23,26). The number of methoxy groups -OCH3 is 1. The Hall–Kier alpha value is -2.86. The van der Waals surface area contributed by atoms with Crippen molar-refractivity contribution in [3.8, 4) is 5.75 Å². The highest BCUT2D eigenvalue weighted by Crippen LogP contribution is 2.12. The summed E-state index contributed by atoms with van der Waals surface area (Å²) >= 11 is 0. The molecule has 0 atom stereocenters. The number of carbonyl (C=O) groups is 2. The third-order valence-electron chi connectivity index (χ3n) is 5.04. The van der Waals surface area contributed by atoms with E-state index >= 15 is 0 Å². The van der Waals surface area contributed by atoms with E-state index in [9.17, 15) is 9.59 Å². The van der Waals surface area contributed by atoms with Crippen LogP contribution in [0.25, 0.3) is 0 Å². The van der Waals surface area contributed by atoms with Gasteiger partial charge in [0.1, 0.15) is 5.75 Å². The van der Waals surface area contributed by atoms with Crippen molar-refractivity contribution in [3.05, 3.63) is 65.2 Å². The minimum atomic E-state index is -0.132. The summed E-state index contributed by atoms with van der Waals surface area (Å²) in [5, 5.41) is 2.92. The highest BCUT2D eigenvalue weighted by molar-refractivity contribution is 5.97. The number of hydrogen-bond acceptors (Lipinski definition) is 4. The fourth-order valence-electron chi connectivity index (χ4n) is 3.17. The smallest absolute Gasteiger partial charge is 0.253 e. The SMILES string of the molecule is COc1ccc(CCNC(=O)c2ccc(C(=O)N3CCN(C)CC3)cc2)cc1. The molecule has 1 heterocycles. The second-order valence-electron chi connectivity index (χ2n) is 7.03. The number of carbonyl (C=O) groups excluding carboxylic acids is 2. The van der Waals surface area contributed by atoms with Crippen molar-refractivity contribution in [1.29, 1.82) is 0 Å². The van der Waals surface area contributed by atoms with Crippen LogP contribution in [0.3, 0.4) is 0 Å². The van der Waals surface area contributed by atoms with Crippen LogP contribution in [0.5, 0.6) is 5.75 Å². The summed E-state index contributed by atoms with van der Waals surface area (Å²) in [7, 11) is 3.70. The molecule has 0 aromatic heterocycles. The average molecular weight is 381 g/mol. The third-order valence-corrected chi connectivity index (χ3v) is 5.04. The van der Waals surface area contributed by atoms with Gasteiger partial charge < -0.3 is 19.9 Å². The van der Waals surface area contributed by atoms with Crippen molar-refractivity contribution in [2.45, 2.75) is 6.42 Å². The number of piperazine rings is 1. The van der Waals surface area contributed by atoms with E-state index in [2.05, 4.69) is 17.3 Å². The molecule has 0 bridgehead atoms. The van der Waals surface area contributed by atoms with E-state index in [1.807, 2.05) is 29.2 Å². The Labute approximate surface area is 166 Å². The molecule has 0 unspecified atom stereocenters. The summed E-state index contributed by atoms with van der Waals surface area (Å²) in [6, 6.07) is 14.7. The maximum Gasteiger partial charge on any atom is 0.253 e. The lowest BCUT2D eigenvalue weighted by Crippen LogP contribution is -2.47. The average Bonchev–Trinajstić information content (AvgIpc) is 2.74. The second kappa shape index (κ2) is 9.37. The van der Waals surface area contributed by atoms with E-state index in [0.29, 0.717) is 17.7 Å². The Morgan fingerprint density at radius 3 is 2.14 bits per heavy atom. The van der Waals surface area contributed by atoms with Gasteiger partial charge in [-0.25, -0.2) is 0 Å². The Morgan fingerprint density at radius 2 is 1.54 bits per heavy atom. The molecule has 2 aromatic rings. The van der Waals surface area contributed by atoms with Crippen molar-refractivity contribution < 1.29 is 14.3 Å². The molecule has 0 aliphatic carbocycles. The normalized spacial score (nSPS) is 14.6. The predicted molar refractivity (Wildman–Crippen MR) is 109 cm³/mol. The molecule has 0 saturated carbocycles. The third kappa shape index (κ3) is 5.10. The molecule has 2 aromatic carbocycles. The lowest BCUT2D eigenvalue weighted by atomic mass is 10.1. The summed E-state index contributed by atoms with van der Waals surface area (Å²) in [5.74, 6) is 0.714. The van der Waals surface area contributed by atoms with E-state index in [-0.39, 0.29) is 11.8 Å². The number of rotatable bonds is 6. The molecule has 0 radical (unpaired) electrons. The van der Waals surface area contributed by atoms with E-state index < -0.39 is 0 Å². The first-order chi connectivity index (χ1) is 13.6. The van der Waals surface area contributed by atoms with Gasteiger partial charge in [0, 0.05) is 43.9 Å². The summed E-state index contributed by atoms with van der Waals surface area (Å²) in [5.41, 5.74) is 2.32. The van der Waals surface area contributed by atoms with Gasteiger partial charge in [-0.3, -0.25) is 9.59 Å². The van der Waals surface area contributed by atoms with Crippen LogP contribution in [-0.2, 0) is 6.42 Å². The van der Waals surface area contributed by atoms with Crippen molar-refractivity contribution in [3.63, 3.8) is 0 Å². The largest absolute Gasteiger partial charge is 0.497 e. The Bertz CT molecular complexity index is 795. The monoisotopic (exact) mass is 381 g/mol. The quantitative estimate of drug-likeness (QED) is 0.832. The number of amides is 2. The molecule has 148 valence electrons. The molecule has 1 N–H and O–H groups in total. The zero-order valence-electron chi connectivity index (χ0n) is 16.5. The van der Waals surface area contributed by atoms with Crippen LogP contribution in [-0.4, -0.2) is 68.5 Å². The fourth-order valence-corrected chi connectivity index (χ4v) is 3.17. The van der Waals surface area contributed by atoms with Crippen LogP contribution < -0.4 is 10.1 Å². The van der Waals surface area contributed by atoms with Gasteiger partial charge in [-0.1, -0.05) is 12.1 Å². The summed E-state index contributed by atoms with van der Waals surface area (Å²) in [6.45, 7) is 3.81. The minimum absolute atomic E-state index is 0.0274. The highest BCUT2D eigenvalue weighted by atomic mass is 16.5. The Kier molecular flexibility index (Phi) is 6.66. The van der Waals surface area contributed by atoms with Gasteiger partial charge in [0.15, 0.2) is 0 Å². The van der Waals surface area contributed by atoms with Crippen molar-refractivity contribution in [2.75, 3.05) is 46.9 Å². The molecule has 28 heavy (non-hydrogen) atoms. The number of hydrogen-bond donors (Lipinski definition) is 1. The number of nitrogens with one attached hydrogen (secondary N) is 1. The molecule has 1 saturated heterocycles. The Balaban J connectivity index is 1.49. The number of ether oxygens (including phenoxy) is 1. The van der Waals surface area contributed by atoms with E-state index in [0.717, 1.165) is 43.9 Å². The molecule has 0 spiro atoms. The first-order valence-corrected chi connectivity index (χ1v) is 9.56. The van der Waals surface area contributed by atoms with E-state index in [1.54, 1.807) is 31.4 Å². The first-order valence-electron chi connectivity index (χ1n) is 9.56. The van der Waals surface area contributed by atoms with E-state index in [1.165, 1.54) is 0 Å². The summed E-state index contributed by atoms with van der Waals surface area (Å²) in [6.07, 6.45) is 0.746. The van der Waals surface area contributed by atoms with Gasteiger partial charge >= 0.3 is 0 Å². The molecule has 6 nitrogen and oxygen atoms in total. The van der Waals surface area contributed by atoms with Gasteiger partial charge in [0.2, 0.25) is 0 Å². The molecule has 1 aliphatic heterocycles. The zero-order valence-corrected chi connectivity index (χ0v) is 16.5. The van der Waals surface area contributed by atoms with Crippen LogP contribution in [0, 0.1) is 0 Å². The van der Waals surface area contributed by atoms with Crippen molar-refractivity contribution in [1.82, 2.24) is 15.1 Å². The van der Waals surface area contributed by atoms with Gasteiger partial charge in [0.05, 0.1) is 7.11 Å². The molecule has 6 heteroatoms. The van der Waals surface area contributed by atoms with Gasteiger partial charge in [-0.15, -0.1) is 0 Å². The molecule has 1 aliphatic rings. The van der Waals surface area contributed by atoms with Crippen LogP contribution >= 0.6 is 0 Å². The van der Waals surface area contributed by atoms with Crippen molar-refractivity contribution >= 4 is 11.8 Å². The molecule has 2 amide bonds. The Morgan fingerprint density at radius 1 is 0.929 bits per heavy atom. The van der Waals surface area contributed by atoms with Crippen molar-refractivity contribution in [2.24, 2.45) is 0 Å². The van der Waals surface area contributed by atoms with Gasteiger partial charge in [0.25, 0.3) is 11.8 Å². The summed E-state index contributed by atoms with van der Waals surface area (Å²) in [4.78, 5) is 29.0. The van der Waals surface area contributed by atoms with Gasteiger partial charge in [-0.2, -0.15) is 0 Å². The highest BCUT2D eigenvalue weighted by Gasteiger charge is 2.20. The van der Waals surface area contributed by atoms with Crippen LogP contribution in [0.4, 0.5) is 0 Å². The lowest BCUT2D eigenvalue weighted by molar-refractivity contribution is 0.0663. The zero-order chi connectivity index (χ0) is 19.9. The molecule has 1 fully saturated rings. The maximum atomic E-state index is 12.6. The maximum absolute atomic E-state index is 12.6. The molecule has 3 rings (SSSR count). The minimum Gasteiger partial charge on any atom is -0.497 e. The van der Waals surface area contributed by atoms with Crippen LogP contribution in [0.15, 0.2) is 48.5 Å². The molecular weight excluding hydrogens is 354 g/mol. The number of nitrogens with zero attached hydrogens (tertiary/aromatic N) is 2. The fraction of sp³-hybridized carbons (Fsp3) is 0.364. The lowest BCUT2D eigenvalue weighted by Gasteiger charge is -2.32. The summed E-state index contributed by atoms with van der Waals surface area (Å²) < 4.78 is 5.14. The number of likely N-dealkylation sites (N-methyl/N-ethyl adjacent to an activating group) is 1. The topological polar surface area (TPSA) is 61.9 Å². The van der Waals surface area contributed by atoms with Crippen LogP contribution in [0.1, 0.15) is 26.3 Å². The predicted octanol–water partition coefficient (Wildman–Crippen LogP) is 2.06. The number of benzene rings is 2. The van der Waals surface area contributed by atoms with Gasteiger partial charge in [-0.05, 0) is 55.4 Å². The first kappa shape index (κ1) is 19.9. The van der Waals surface area contributed by atoms with E-state index in [4.69, 9.17) is 4.74 Å². The molecular formula is C22H27N3O3. The second-order valence-corrected chi connectivity index (χ2v) is 7.03.